The van der Waals surface area contributed by atoms with Crippen LogP contribution >= 0.6 is 0 Å². The molecule has 4 rings (SSSR count). The number of hydrogen-bond donors (Lipinski definition) is 1. The molecule has 0 saturated heterocycles. The third-order valence-corrected chi connectivity index (χ3v) is 6.11. The van der Waals surface area contributed by atoms with E-state index in [1.807, 2.05) is 13.8 Å². The van der Waals surface area contributed by atoms with Crippen LogP contribution in [0.1, 0.15) is 73.5 Å². The second-order valence-electron chi connectivity index (χ2n) is 8.11. The van der Waals surface area contributed by atoms with Gasteiger partial charge in [0.05, 0.1) is 11.1 Å². The summed E-state index contributed by atoms with van der Waals surface area (Å²) in [5, 5.41) is 9.55. The lowest BCUT2D eigenvalue weighted by Gasteiger charge is -2.22. The summed E-state index contributed by atoms with van der Waals surface area (Å²) in [6.07, 6.45) is 6.51. The molecule has 0 bridgehead atoms. The van der Waals surface area contributed by atoms with E-state index >= 15 is 0 Å². The molecule has 1 saturated carbocycles. The van der Waals surface area contributed by atoms with Gasteiger partial charge < -0.3 is 0 Å². The van der Waals surface area contributed by atoms with E-state index in [1.54, 1.807) is 24.3 Å². The standard InChI is InChI=1S/C25H28N4O2/c1-3-29-25(31)22-12-8-7-11-21(22)23(28-29)24(30)27-26-17(2)18-13-15-20(16-14-18)19-9-5-4-6-10-19/h7-8,11-16,19H,3-6,9-10H2,1-2H3,(H,27,30)/b26-17+. The predicted molar refractivity (Wildman–Crippen MR) is 124 cm³/mol. The summed E-state index contributed by atoms with van der Waals surface area (Å²) in [6, 6.07) is 15.5. The van der Waals surface area contributed by atoms with Gasteiger partial charge in [0.15, 0.2) is 5.69 Å². The number of rotatable bonds is 5. The Balaban J connectivity index is 1.54. The molecule has 0 aliphatic heterocycles. The van der Waals surface area contributed by atoms with Crippen LogP contribution in [0.2, 0.25) is 0 Å². The molecular formula is C25H28N4O2. The Morgan fingerprint density at radius 1 is 1.06 bits per heavy atom. The highest BCUT2D eigenvalue weighted by Gasteiger charge is 2.17. The Bertz CT molecular complexity index is 1170. The van der Waals surface area contributed by atoms with E-state index < -0.39 is 5.91 Å². The number of carbonyl (C=O) groups excluding carboxylic acids is 1. The molecule has 0 radical (unpaired) electrons. The van der Waals surface area contributed by atoms with E-state index in [0.717, 1.165) is 11.3 Å². The molecule has 160 valence electrons. The van der Waals surface area contributed by atoms with Crippen molar-refractivity contribution in [2.24, 2.45) is 5.10 Å². The van der Waals surface area contributed by atoms with Crippen LogP contribution in [-0.2, 0) is 6.54 Å². The molecule has 6 nitrogen and oxygen atoms in total. The second-order valence-corrected chi connectivity index (χ2v) is 8.11. The van der Waals surface area contributed by atoms with Gasteiger partial charge in [0.25, 0.3) is 11.5 Å². The number of benzene rings is 2. The average Bonchev–Trinajstić information content (AvgIpc) is 2.83. The Morgan fingerprint density at radius 3 is 2.42 bits per heavy atom. The van der Waals surface area contributed by atoms with Crippen molar-refractivity contribution in [3.05, 3.63) is 75.7 Å². The molecular weight excluding hydrogens is 388 g/mol. The Hall–Kier alpha value is -3.28. The van der Waals surface area contributed by atoms with E-state index in [1.165, 1.54) is 42.3 Å². The number of fused-ring (bicyclic) bond motifs is 1. The smallest absolute Gasteiger partial charge is 0.267 e. The van der Waals surface area contributed by atoms with Crippen LogP contribution in [0.4, 0.5) is 0 Å². The highest BCUT2D eigenvalue weighted by atomic mass is 16.2. The molecule has 0 spiro atoms. The van der Waals surface area contributed by atoms with Crippen molar-refractivity contribution in [1.82, 2.24) is 15.2 Å². The number of aryl methyl sites for hydroxylation is 1. The maximum absolute atomic E-state index is 12.8. The lowest BCUT2D eigenvalue weighted by Crippen LogP contribution is -2.28. The lowest BCUT2D eigenvalue weighted by molar-refractivity contribution is 0.0949. The summed E-state index contributed by atoms with van der Waals surface area (Å²) < 4.78 is 1.30. The fourth-order valence-corrected chi connectivity index (χ4v) is 4.30. The Labute approximate surface area is 182 Å². The van der Waals surface area contributed by atoms with Crippen molar-refractivity contribution in [2.45, 2.75) is 58.4 Å². The van der Waals surface area contributed by atoms with Crippen LogP contribution in [0.3, 0.4) is 0 Å². The molecule has 1 aliphatic rings. The number of hydrazone groups is 1. The first-order valence-electron chi connectivity index (χ1n) is 11.0. The van der Waals surface area contributed by atoms with Gasteiger partial charge in [-0.15, -0.1) is 0 Å². The first-order valence-corrected chi connectivity index (χ1v) is 11.0. The molecule has 6 heteroatoms. The highest BCUT2D eigenvalue weighted by Crippen LogP contribution is 2.32. The van der Waals surface area contributed by atoms with Crippen molar-refractivity contribution in [3.63, 3.8) is 0 Å². The first kappa shape index (κ1) is 21.0. The molecule has 1 fully saturated rings. The van der Waals surface area contributed by atoms with Crippen LogP contribution < -0.4 is 11.0 Å². The molecule has 1 aromatic heterocycles. The van der Waals surface area contributed by atoms with E-state index in [2.05, 4.69) is 39.9 Å². The van der Waals surface area contributed by atoms with Gasteiger partial charge >= 0.3 is 0 Å². The quantitative estimate of drug-likeness (QED) is 0.487. The normalized spacial score (nSPS) is 15.2. The van der Waals surface area contributed by atoms with Crippen molar-refractivity contribution in [3.8, 4) is 0 Å². The van der Waals surface area contributed by atoms with Crippen molar-refractivity contribution in [2.75, 3.05) is 0 Å². The minimum atomic E-state index is -0.434. The van der Waals surface area contributed by atoms with Crippen LogP contribution in [0.15, 0.2) is 58.4 Å². The van der Waals surface area contributed by atoms with E-state index in [4.69, 9.17) is 0 Å². The number of nitrogens with one attached hydrogen (secondary N) is 1. The molecule has 1 N–H and O–H groups in total. The fourth-order valence-electron chi connectivity index (χ4n) is 4.30. The van der Waals surface area contributed by atoms with Crippen molar-refractivity contribution >= 4 is 22.4 Å². The third-order valence-electron chi connectivity index (χ3n) is 6.11. The van der Waals surface area contributed by atoms with Crippen LogP contribution in [0.25, 0.3) is 10.8 Å². The summed E-state index contributed by atoms with van der Waals surface area (Å²) in [6.45, 7) is 4.08. The summed E-state index contributed by atoms with van der Waals surface area (Å²) in [5.41, 5.74) is 5.68. The minimum absolute atomic E-state index is 0.196. The lowest BCUT2D eigenvalue weighted by atomic mass is 9.84. The second kappa shape index (κ2) is 9.25. The molecule has 1 aliphatic carbocycles. The van der Waals surface area contributed by atoms with Gasteiger partial charge in [-0.2, -0.15) is 10.2 Å². The van der Waals surface area contributed by atoms with Crippen LogP contribution in [-0.4, -0.2) is 21.4 Å². The van der Waals surface area contributed by atoms with Crippen LogP contribution in [0.5, 0.6) is 0 Å². The summed E-state index contributed by atoms with van der Waals surface area (Å²) in [4.78, 5) is 25.3. The van der Waals surface area contributed by atoms with Gasteiger partial charge in [0.1, 0.15) is 0 Å². The zero-order valence-corrected chi connectivity index (χ0v) is 18.1. The maximum Gasteiger partial charge on any atom is 0.292 e. The predicted octanol–water partition coefficient (Wildman–Crippen LogP) is 4.62. The number of nitrogens with zero attached hydrogens (tertiary/aromatic N) is 3. The molecule has 31 heavy (non-hydrogen) atoms. The van der Waals surface area contributed by atoms with Crippen molar-refractivity contribution in [1.29, 1.82) is 0 Å². The van der Waals surface area contributed by atoms with Gasteiger partial charge in [0.2, 0.25) is 0 Å². The fraction of sp³-hybridized carbons (Fsp3) is 0.360. The van der Waals surface area contributed by atoms with Gasteiger partial charge in [-0.25, -0.2) is 10.1 Å². The number of amides is 1. The molecule has 2 aromatic carbocycles. The largest absolute Gasteiger partial charge is 0.292 e. The topological polar surface area (TPSA) is 76.3 Å². The zero-order chi connectivity index (χ0) is 21.8. The molecule has 3 aromatic rings. The number of carbonyl (C=O) groups is 1. The summed E-state index contributed by atoms with van der Waals surface area (Å²) in [7, 11) is 0. The third kappa shape index (κ3) is 4.43. The number of hydrogen-bond acceptors (Lipinski definition) is 4. The van der Waals surface area contributed by atoms with E-state index in [0.29, 0.717) is 23.2 Å². The molecule has 1 amide bonds. The SMILES string of the molecule is CCn1nc(C(=O)N/N=C(\C)c2ccc(C3CCCCC3)cc2)c2ccccc2c1=O. The minimum Gasteiger partial charge on any atom is -0.267 e. The number of aromatic nitrogens is 2. The summed E-state index contributed by atoms with van der Waals surface area (Å²) >= 11 is 0. The van der Waals surface area contributed by atoms with Crippen molar-refractivity contribution < 1.29 is 4.79 Å². The Morgan fingerprint density at radius 2 is 1.74 bits per heavy atom. The average molecular weight is 417 g/mol. The molecule has 0 unspecified atom stereocenters. The monoisotopic (exact) mass is 416 g/mol. The first-order chi connectivity index (χ1) is 15.1. The van der Waals surface area contributed by atoms with Crippen LogP contribution in [0, 0.1) is 0 Å². The van der Waals surface area contributed by atoms with Gasteiger partial charge in [-0.3, -0.25) is 9.59 Å². The van der Waals surface area contributed by atoms with Gasteiger partial charge in [0, 0.05) is 11.9 Å². The Kier molecular flexibility index (Phi) is 6.26. The summed E-state index contributed by atoms with van der Waals surface area (Å²) in [5.74, 6) is 0.227. The molecule has 0 atom stereocenters. The van der Waals surface area contributed by atoms with Gasteiger partial charge in [-0.05, 0) is 49.8 Å². The van der Waals surface area contributed by atoms with E-state index in [9.17, 15) is 9.59 Å². The van der Waals surface area contributed by atoms with Gasteiger partial charge in [-0.1, -0.05) is 61.7 Å². The highest BCUT2D eigenvalue weighted by molar-refractivity contribution is 6.06. The zero-order valence-electron chi connectivity index (χ0n) is 18.1. The molecule has 1 heterocycles. The van der Waals surface area contributed by atoms with E-state index in [-0.39, 0.29) is 11.3 Å². The maximum atomic E-state index is 12.8.